The Morgan fingerprint density at radius 2 is 1.90 bits per heavy atom. The van der Waals surface area contributed by atoms with E-state index < -0.39 is 0 Å². The lowest BCUT2D eigenvalue weighted by Gasteiger charge is -2.48. The third-order valence-electron chi connectivity index (χ3n) is 6.72. The fourth-order valence-electron chi connectivity index (χ4n) is 4.99. The molecule has 29 heavy (non-hydrogen) atoms. The molecule has 0 N–H and O–H groups in total. The maximum Gasteiger partial charge on any atom is 0.222 e. The van der Waals surface area contributed by atoms with Crippen molar-refractivity contribution in [2.24, 2.45) is 12.5 Å². The van der Waals surface area contributed by atoms with Gasteiger partial charge < -0.3 is 4.90 Å². The Balaban J connectivity index is 1.46. The monoisotopic (exact) mass is 396 g/mol. The minimum Gasteiger partial charge on any atom is -0.336 e. The Kier molecular flexibility index (Phi) is 5.42. The van der Waals surface area contributed by atoms with Crippen LogP contribution < -0.4 is 0 Å². The smallest absolute Gasteiger partial charge is 0.222 e. The van der Waals surface area contributed by atoms with Crippen LogP contribution in [0.3, 0.4) is 0 Å². The number of aryl methyl sites for hydroxylation is 3. The standard InChI is InChI=1S/C22H32N6O/c1-16-10-24-19(11-23-16)12-28-15-22(8-6-21(28)29)7-5-9-27(14-22)13-20-17(2)25-26(4)18(20)3/h10-11H,5-9,12-15H2,1-4H3. The van der Waals surface area contributed by atoms with Gasteiger partial charge in [-0.2, -0.15) is 5.10 Å². The highest BCUT2D eigenvalue weighted by molar-refractivity contribution is 5.77. The van der Waals surface area contributed by atoms with Crippen molar-refractivity contribution < 1.29 is 4.79 Å². The van der Waals surface area contributed by atoms with Crippen LogP contribution in [0.4, 0.5) is 0 Å². The average Bonchev–Trinajstić information content (AvgIpc) is 2.93. The van der Waals surface area contributed by atoms with Crippen molar-refractivity contribution in [3.8, 4) is 0 Å². The number of carbonyl (C=O) groups is 1. The van der Waals surface area contributed by atoms with Gasteiger partial charge in [0.15, 0.2) is 0 Å². The number of likely N-dealkylation sites (tertiary alicyclic amines) is 2. The lowest BCUT2D eigenvalue weighted by atomic mass is 9.73. The molecule has 2 aliphatic rings. The molecule has 1 amide bonds. The number of rotatable bonds is 4. The zero-order valence-electron chi connectivity index (χ0n) is 18.1. The Bertz CT molecular complexity index is 889. The normalized spacial score (nSPS) is 23.2. The van der Waals surface area contributed by atoms with E-state index in [1.54, 1.807) is 12.4 Å². The zero-order chi connectivity index (χ0) is 20.6. The van der Waals surface area contributed by atoms with Gasteiger partial charge in [-0.1, -0.05) is 0 Å². The first kappa shape index (κ1) is 20.0. The molecule has 0 aromatic carbocycles. The molecule has 1 atom stereocenters. The number of nitrogens with zero attached hydrogens (tertiary/aromatic N) is 6. The van der Waals surface area contributed by atoms with Crippen LogP contribution in [0, 0.1) is 26.2 Å². The van der Waals surface area contributed by atoms with Crippen LogP contribution in [0.25, 0.3) is 0 Å². The van der Waals surface area contributed by atoms with Crippen molar-refractivity contribution in [2.45, 2.75) is 59.5 Å². The Hall–Kier alpha value is -2.28. The third-order valence-corrected chi connectivity index (χ3v) is 6.72. The molecule has 2 aliphatic heterocycles. The number of amides is 1. The van der Waals surface area contributed by atoms with Gasteiger partial charge in [0.1, 0.15) is 0 Å². The van der Waals surface area contributed by atoms with Gasteiger partial charge in [-0.15, -0.1) is 0 Å². The summed E-state index contributed by atoms with van der Waals surface area (Å²) in [6.07, 6.45) is 7.58. The van der Waals surface area contributed by atoms with E-state index in [0.717, 1.165) is 49.7 Å². The topological polar surface area (TPSA) is 67.2 Å². The highest BCUT2D eigenvalue weighted by Gasteiger charge is 2.41. The summed E-state index contributed by atoms with van der Waals surface area (Å²) >= 11 is 0. The first-order valence-electron chi connectivity index (χ1n) is 10.6. The molecule has 4 heterocycles. The molecule has 2 saturated heterocycles. The average molecular weight is 397 g/mol. The van der Waals surface area contributed by atoms with E-state index in [2.05, 4.69) is 33.8 Å². The summed E-state index contributed by atoms with van der Waals surface area (Å²) < 4.78 is 1.98. The maximum atomic E-state index is 12.6. The van der Waals surface area contributed by atoms with E-state index in [1.165, 1.54) is 24.1 Å². The predicted molar refractivity (Wildman–Crippen MR) is 111 cm³/mol. The van der Waals surface area contributed by atoms with E-state index in [1.807, 2.05) is 23.6 Å². The van der Waals surface area contributed by atoms with Crippen molar-refractivity contribution in [3.05, 3.63) is 40.7 Å². The van der Waals surface area contributed by atoms with Crippen LogP contribution in [0.5, 0.6) is 0 Å². The number of carbonyl (C=O) groups excluding carboxylic acids is 1. The molecule has 0 aliphatic carbocycles. The molecule has 1 spiro atoms. The molecule has 156 valence electrons. The van der Waals surface area contributed by atoms with Crippen LogP contribution in [0.2, 0.25) is 0 Å². The summed E-state index contributed by atoms with van der Waals surface area (Å²) in [6.45, 7) is 10.7. The van der Waals surface area contributed by atoms with Crippen molar-refractivity contribution in [2.75, 3.05) is 19.6 Å². The third kappa shape index (κ3) is 4.20. The van der Waals surface area contributed by atoms with Gasteiger partial charge in [0.25, 0.3) is 0 Å². The van der Waals surface area contributed by atoms with E-state index in [0.29, 0.717) is 13.0 Å². The molecule has 7 nitrogen and oxygen atoms in total. The molecule has 2 aromatic heterocycles. The van der Waals surface area contributed by atoms with Gasteiger partial charge in [0.05, 0.1) is 29.8 Å². The summed E-state index contributed by atoms with van der Waals surface area (Å²) in [4.78, 5) is 26.0. The molecule has 0 bridgehead atoms. The van der Waals surface area contributed by atoms with E-state index >= 15 is 0 Å². The van der Waals surface area contributed by atoms with Crippen LogP contribution in [0.15, 0.2) is 12.4 Å². The second-order valence-corrected chi connectivity index (χ2v) is 8.99. The van der Waals surface area contributed by atoms with Crippen LogP contribution in [-0.2, 0) is 24.9 Å². The molecule has 1 unspecified atom stereocenters. The van der Waals surface area contributed by atoms with Gasteiger partial charge >= 0.3 is 0 Å². The predicted octanol–water partition coefficient (Wildman–Crippen LogP) is 2.54. The summed E-state index contributed by atoms with van der Waals surface area (Å²) in [5, 5.41) is 4.58. The molecular formula is C22H32N6O. The van der Waals surface area contributed by atoms with Crippen molar-refractivity contribution in [1.29, 1.82) is 0 Å². The second-order valence-electron chi connectivity index (χ2n) is 8.99. The molecule has 0 radical (unpaired) electrons. The molecule has 4 rings (SSSR count). The lowest BCUT2D eigenvalue weighted by Crippen LogP contribution is -2.53. The molecule has 0 saturated carbocycles. The van der Waals surface area contributed by atoms with Crippen molar-refractivity contribution in [1.82, 2.24) is 29.5 Å². The fourth-order valence-corrected chi connectivity index (χ4v) is 4.99. The van der Waals surface area contributed by atoms with Crippen LogP contribution >= 0.6 is 0 Å². The van der Waals surface area contributed by atoms with Crippen molar-refractivity contribution >= 4 is 5.91 Å². The minimum absolute atomic E-state index is 0.189. The largest absolute Gasteiger partial charge is 0.336 e. The summed E-state index contributed by atoms with van der Waals surface area (Å²) in [5.74, 6) is 0.245. The first-order valence-corrected chi connectivity index (χ1v) is 10.6. The lowest BCUT2D eigenvalue weighted by molar-refractivity contribution is -0.140. The molecule has 2 aromatic rings. The SMILES string of the molecule is Cc1cnc(CN2CC3(CCCN(Cc4c(C)nn(C)c4C)C3)CCC2=O)cn1. The van der Waals surface area contributed by atoms with Gasteiger partial charge in [0.2, 0.25) is 5.91 Å². The quantitative estimate of drug-likeness (QED) is 0.795. The van der Waals surface area contributed by atoms with E-state index in [9.17, 15) is 4.79 Å². The van der Waals surface area contributed by atoms with Gasteiger partial charge in [-0.3, -0.25) is 24.3 Å². The van der Waals surface area contributed by atoms with Crippen molar-refractivity contribution in [3.63, 3.8) is 0 Å². The highest BCUT2D eigenvalue weighted by Crippen LogP contribution is 2.39. The Morgan fingerprint density at radius 1 is 1.07 bits per heavy atom. The number of piperidine rings is 2. The number of hydrogen-bond acceptors (Lipinski definition) is 5. The first-order chi connectivity index (χ1) is 13.8. The molecule has 7 heteroatoms. The van der Waals surface area contributed by atoms with Gasteiger partial charge in [0, 0.05) is 56.0 Å². The number of hydrogen-bond donors (Lipinski definition) is 0. The van der Waals surface area contributed by atoms with Gasteiger partial charge in [-0.05, 0) is 46.6 Å². The van der Waals surface area contributed by atoms with Gasteiger partial charge in [-0.25, -0.2) is 0 Å². The van der Waals surface area contributed by atoms with Crippen LogP contribution in [-0.4, -0.2) is 55.1 Å². The summed E-state index contributed by atoms with van der Waals surface area (Å²) in [5.41, 5.74) is 5.69. The second kappa shape index (κ2) is 7.86. The molecule has 2 fully saturated rings. The fraction of sp³-hybridized carbons (Fsp3) is 0.636. The maximum absolute atomic E-state index is 12.6. The zero-order valence-corrected chi connectivity index (χ0v) is 18.1. The Morgan fingerprint density at radius 3 is 2.59 bits per heavy atom. The molecular weight excluding hydrogens is 364 g/mol. The van der Waals surface area contributed by atoms with Crippen LogP contribution in [0.1, 0.15) is 54.0 Å². The minimum atomic E-state index is 0.189. The summed E-state index contributed by atoms with van der Waals surface area (Å²) in [6, 6.07) is 0. The number of aromatic nitrogens is 4. The van der Waals surface area contributed by atoms with E-state index in [-0.39, 0.29) is 11.3 Å². The summed E-state index contributed by atoms with van der Waals surface area (Å²) in [7, 11) is 2.02. The Labute approximate surface area is 173 Å². The highest BCUT2D eigenvalue weighted by atomic mass is 16.2. The van der Waals surface area contributed by atoms with E-state index in [4.69, 9.17) is 0 Å².